The number of carbonyl (C=O) groups excluding carboxylic acids is 1. The number of amides is 1. The van der Waals surface area contributed by atoms with Crippen LogP contribution >= 0.6 is 0 Å². The van der Waals surface area contributed by atoms with E-state index in [9.17, 15) is 19.5 Å². The molecule has 2 heterocycles. The van der Waals surface area contributed by atoms with Crippen molar-refractivity contribution >= 4 is 11.6 Å². The van der Waals surface area contributed by atoms with Gasteiger partial charge in [-0.3, -0.25) is 19.1 Å². The predicted molar refractivity (Wildman–Crippen MR) is 109 cm³/mol. The third-order valence-electron chi connectivity index (χ3n) is 4.80. The van der Waals surface area contributed by atoms with Crippen molar-refractivity contribution in [2.45, 2.75) is 25.9 Å². The van der Waals surface area contributed by atoms with Gasteiger partial charge in [0, 0.05) is 31.5 Å². The Labute approximate surface area is 171 Å². The van der Waals surface area contributed by atoms with Gasteiger partial charge in [0.1, 0.15) is 17.1 Å². The fourth-order valence-corrected chi connectivity index (χ4v) is 3.41. The second-order valence-corrected chi connectivity index (χ2v) is 6.60. The van der Waals surface area contributed by atoms with Crippen LogP contribution in [0.2, 0.25) is 0 Å². The van der Waals surface area contributed by atoms with E-state index in [1.807, 2.05) is 0 Å². The summed E-state index contributed by atoms with van der Waals surface area (Å²) in [5.74, 6) is 0.169. The van der Waals surface area contributed by atoms with Crippen LogP contribution in [-0.2, 0) is 11.3 Å². The van der Waals surface area contributed by atoms with Crippen molar-refractivity contribution < 1.29 is 19.4 Å². The number of rotatable bonds is 6. The molecule has 1 atom stereocenters. The normalized spacial score (nSPS) is 15.6. The van der Waals surface area contributed by atoms with E-state index in [1.165, 1.54) is 32.2 Å². The maximum atomic E-state index is 12.5. The fraction of sp³-hybridized carbons (Fsp3) is 0.300. The minimum atomic E-state index is -0.789. The maximum absolute atomic E-state index is 12.5. The number of ether oxygens (including phenoxy) is 2. The Hall–Kier alpha value is -3.82. The molecular weight excluding hydrogens is 392 g/mol. The molecule has 1 aliphatic heterocycles. The molecule has 0 aliphatic carbocycles. The average molecular weight is 414 g/mol. The quantitative estimate of drug-likeness (QED) is 0.683. The first-order valence-corrected chi connectivity index (χ1v) is 9.08. The summed E-state index contributed by atoms with van der Waals surface area (Å²) in [4.78, 5) is 38.9. The highest BCUT2D eigenvalue weighted by molar-refractivity contribution is 6.04. The molecular formula is C20H22N4O6. The number of allylic oxidation sites excluding steroid dienone is 1. The van der Waals surface area contributed by atoms with Crippen molar-refractivity contribution in [3.8, 4) is 17.4 Å². The molecule has 1 aliphatic rings. The molecule has 0 fully saturated rings. The van der Waals surface area contributed by atoms with Gasteiger partial charge in [0.25, 0.3) is 5.56 Å². The van der Waals surface area contributed by atoms with Crippen molar-refractivity contribution in [2.75, 3.05) is 14.2 Å². The average Bonchev–Trinajstić information content (AvgIpc) is 3.15. The Kier molecular flexibility index (Phi) is 5.77. The van der Waals surface area contributed by atoms with Gasteiger partial charge in [-0.25, -0.2) is 9.80 Å². The number of carbonyl (C=O) groups is 1. The number of nitrogens with one attached hydrogen (secondary N) is 1. The fourth-order valence-electron chi connectivity index (χ4n) is 3.41. The lowest BCUT2D eigenvalue weighted by Gasteiger charge is -2.22. The summed E-state index contributed by atoms with van der Waals surface area (Å²) in [5, 5.41) is 16.1. The van der Waals surface area contributed by atoms with Crippen molar-refractivity contribution in [3.63, 3.8) is 0 Å². The minimum Gasteiger partial charge on any atom is -0.497 e. The molecule has 2 N–H and O–H groups in total. The lowest BCUT2D eigenvalue weighted by atomic mass is 9.98. The Balaban J connectivity index is 2.11. The summed E-state index contributed by atoms with van der Waals surface area (Å²) in [7, 11) is 3.02. The zero-order valence-electron chi connectivity index (χ0n) is 16.8. The highest BCUT2D eigenvalue weighted by atomic mass is 16.5. The van der Waals surface area contributed by atoms with Crippen molar-refractivity contribution in [2.24, 2.45) is 5.10 Å². The van der Waals surface area contributed by atoms with E-state index < -0.39 is 23.2 Å². The van der Waals surface area contributed by atoms with E-state index >= 15 is 0 Å². The number of H-pyrrole nitrogens is 1. The maximum Gasteiger partial charge on any atom is 0.331 e. The highest BCUT2D eigenvalue weighted by Crippen LogP contribution is 2.39. The highest BCUT2D eigenvalue weighted by Gasteiger charge is 2.36. The van der Waals surface area contributed by atoms with Gasteiger partial charge in [0.05, 0.1) is 26.0 Å². The van der Waals surface area contributed by atoms with Crippen LogP contribution in [0.3, 0.4) is 0 Å². The molecule has 10 nitrogen and oxygen atoms in total. The summed E-state index contributed by atoms with van der Waals surface area (Å²) < 4.78 is 11.6. The molecule has 0 radical (unpaired) electrons. The van der Waals surface area contributed by atoms with Crippen LogP contribution in [0.1, 0.15) is 30.5 Å². The van der Waals surface area contributed by atoms with E-state index in [2.05, 4.69) is 16.7 Å². The number of methoxy groups -OCH3 is 2. The number of hydrogen-bond acceptors (Lipinski definition) is 7. The molecule has 2 aromatic rings. The molecule has 0 unspecified atom stereocenters. The SMILES string of the molecule is C=CCn1c(O)c(C2=NN(C(C)=O)[C@@H](c3ccc(OC)cc3OC)C2)c(=O)[nH]c1=O. The van der Waals surface area contributed by atoms with E-state index in [-0.39, 0.29) is 30.1 Å². The molecule has 0 saturated heterocycles. The number of nitrogens with zero attached hydrogens (tertiary/aromatic N) is 3. The molecule has 1 aromatic carbocycles. The molecule has 0 spiro atoms. The van der Waals surface area contributed by atoms with Crippen molar-refractivity contribution in [1.29, 1.82) is 0 Å². The second-order valence-electron chi connectivity index (χ2n) is 6.60. The smallest absolute Gasteiger partial charge is 0.331 e. The zero-order chi connectivity index (χ0) is 22.0. The molecule has 158 valence electrons. The van der Waals surface area contributed by atoms with Gasteiger partial charge in [-0.2, -0.15) is 5.10 Å². The summed E-state index contributed by atoms with van der Waals surface area (Å²) in [6.07, 6.45) is 1.54. The first-order chi connectivity index (χ1) is 14.3. The van der Waals surface area contributed by atoms with Gasteiger partial charge >= 0.3 is 5.69 Å². The molecule has 1 aromatic heterocycles. The van der Waals surface area contributed by atoms with Gasteiger partial charge in [-0.05, 0) is 12.1 Å². The number of hydrazone groups is 1. The first-order valence-electron chi connectivity index (χ1n) is 9.08. The molecule has 10 heteroatoms. The molecule has 0 saturated carbocycles. The lowest BCUT2D eigenvalue weighted by Crippen LogP contribution is -2.33. The van der Waals surface area contributed by atoms with Crippen LogP contribution in [0.25, 0.3) is 0 Å². The van der Waals surface area contributed by atoms with Crippen molar-refractivity contribution in [3.05, 3.63) is 62.8 Å². The Morgan fingerprint density at radius 3 is 2.70 bits per heavy atom. The number of aromatic nitrogens is 2. The van der Waals surface area contributed by atoms with Crippen LogP contribution < -0.4 is 20.7 Å². The third kappa shape index (κ3) is 3.59. The molecule has 0 bridgehead atoms. The number of aromatic amines is 1. The number of benzene rings is 1. The summed E-state index contributed by atoms with van der Waals surface area (Å²) in [6, 6.07) is 4.58. The minimum absolute atomic E-state index is 0.00607. The van der Waals surface area contributed by atoms with Crippen LogP contribution in [0.4, 0.5) is 0 Å². The van der Waals surface area contributed by atoms with Crippen LogP contribution in [0.5, 0.6) is 17.4 Å². The Morgan fingerprint density at radius 1 is 1.37 bits per heavy atom. The van der Waals surface area contributed by atoms with E-state index in [1.54, 1.807) is 18.2 Å². The summed E-state index contributed by atoms with van der Waals surface area (Å²) in [5.41, 5.74) is -0.899. The molecule has 1 amide bonds. The van der Waals surface area contributed by atoms with Gasteiger partial charge in [-0.1, -0.05) is 6.08 Å². The van der Waals surface area contributed by atoms with Crippen molar-refractivity contribution in [1.82, 2.24) is 14.6 Å². The summed E-state index contributed by atoms with van der Waals surface area (Å²) in [6.45, 7) is 4.88. The predicted octanol–water partition coefficient (Wildman–Crippen LogP) is 1.14. The van der Waals surface area contributed by atoms with E-state index in [0.29, 0.717) is 17.1 Å². The zero-order valence-corrected chi connectivity index (χ0v) is 16.8. The standard InChI is InChI=1S/C20H22N4O6/c1-5-8-23-19(27)17(18(26)21-20(23)28)14-10-15(24(22-14)11(2)25)13-7-6-12(29-3)9-16(13)30-4/h5-7,9,15,27H,1,8,10H2,2-4H3,(H,21,26,28)/t15-/m1/s1. The Bertz CT molecular complexity index is 1150. The molecule has 3 rings (SSSR count). The molecule has 30 heavy (non-hydrogen) atoms. The van der Waals surface area contributed by atoms with Gasteiger partial charge in [0.15, 0.2) is 0 Å². The van der Waals surface area contributed by atoms with Crippen LogP contribution in [0.15, 0.2) is 45.5 Å². The summed E-state index contributed by atoms with van der Waals surface area (Å²) >= 11 is 0. The van der Waals surface area contributed by atoms with E-state index in [0.717, 1.165) is 4.57 Å². The van der Waals surface area contributed by atoms with Gasteiger partial charge in [0.2, 0.25) is 11.8 Å². The van der Waals surface area contributed by atoms with Crippen LogP contribution in [-0.4, -0.2) is 45.5 Å². The Morgan fingerprint density at radius 2 is 2.10 bits per heavy atom. The third-order valence-corrected chi connectivity index (χ3v) is 4.80. The van der Waals surface area contributed by atoms with Gasteiger partial charge < -0.3 is 14.6 Å². The lowest BCUT2D eigenvalue weighted by molar-refractivity contribution is -0.130. The number of hydrogen-bond donors (Lipinski definition) is 2. The van der Waals surface area contributed by atoms with E-state index in [4.69, 9.17) is 9.47 Å². The monoisotopic (exact) mass is 414 g/mol. The topological polar surface area (TPSA) is 126 Å². The second kappa shape index (κ2) is 8.27. The van der Waals surface area contributed by atoms with Crippen LogP contribution in [0, 0.1) is 0 Å². The largest absolute Gasteiger partial charge is 0.497 e. The number of aromatic hydroxyl groups is 1. The van der Waals surface area contributed by atoms with Gasteiger partial charge in [-0.15, -0.1) is 6.58 Å². The first kappa shape index (κ1) is 20.9.